The van der Waals surface area contributed by atoms with E-state index < -0.39 is 11.7 Å². The Labute approximate surface area is 220 Å². The van der Waals surface area contributed by atoms with E-state index in [-0.39, 0.29) is 12.3 Å². The topological polar surface area (TPSA) is 107 Å². The summed E-state index contributed by atoms with van der Waals surface area (Å²) in [5.74, 6) is 1.83. The Balaban J connectivity index is 1.21. The van der Waals surface area contributed by atoms with Crippen molar-refractivity contribution in [2.75, 3.05) is 51.0 Å². The van der Waals surface area contributed by atoms with Crippen LogP contribution >= 0.6 is 11.3 Å². The third-order valence-electron chi connectivity index (χ3n) is 6.45. The second-order valence-corrected chi connectivity index (χ2v) is 9.90. The molecule has 0 radical (unpaired) electrons. The van der Waals surface area contributed by atoms with Gasteiger partial charge in [-0.1, -0.05) is 0 Å². The van der Waals surface area contributed by atoms with Crippen molar-refractivity contribution >= 4 is 50.1 Å². The van der Waals surface area contributed by atoms with Crippen LogP contribution in [0.5, 0.6) is 11.5 Å². The quantitative estimate of drug-likeness (QED) is 0.385. The molecule has 2 aromatic carbocycles. The van der Waals surface area contributed by atoms with E-state index in [1.54, 1.807) is 31.3 Å². The number of hydrogen-bond donors (Lipinski definition) is 1. The van der Waals surface area contributed by atoms with Crippen LogP contribution in [0.2, 0.25) is 0 Å². The van der Waals surface area contributed by atoms with E-state index >= 15 is 0 Å². The molecule has 9 nitrogen and oxygen atoms in total. The summed E-state index contributed by atoms with van der Waals surface area (Å²) in [6.45, 7) is 2.04. The molecule has 3 heterocycles. The van der Waals surface area contributed by atoms with Crippen LogP contribution in [0.1, 0.15) is 17.0 Å². The Morgan fingerprint density at radius 3 is 2.39 bits per heavy atom. The number of carbonyl (C=O) groups is 1. The zero-order valence-electron chi connectivity index (χ0n) is 20.7. The Morgan fingerprint density at radius 1 is 1.00 bits per heavy atom. The van der Waals surface area contributed by atoms with Gasteiger partial charge in [0.25, 0.3) is 0 Å². The standard InChI is InChI=1S/C25H25F3N6O3S/c1-36-18-12-15-16(13-19(18)37-2)31-24(32-23(15)29)34-9-7-33(8-10-34)22(35)6-5-21-30-17-11-14(25(26,27)28)3-4-20(17)38-21/h3-4,11-13H,5-10H2,1-2H3,(H2,29,31,32). The molecule has 1 saturated heterocycles. The van der Waals surface area contributed by atoms with Crippen molar-refractivity contribution < 1.29 is 27.4 Å². The minimum atomic E-state index is -4.42. The molecule has 1 fully saturated rings. The van der Waals surface area contributed by atoms with Gasteiger partial charge in [0.2, 0.25) is 11.9 Å². The van der Waals surface area contributed by atoms with E-state index in [0.717, 1.165) is 12.1 Å². The lowest BCUT2D eigenvalue weighted by Gasteiger charge is -2.35. The van der Waals surface area contributed by atoms with Crippen molar-refractivity contribution in [1.29, 1.82) is 0 Å². The van der Waals surface area contributed by atoms with Gasteiger partial charge in [-0.3, -0.25) is 4.79 Å². The summed E-state index contributed by atoms with van der Waals surface area (Å²) in [6.07, 6.45) is -3.82. The van der Waals surface area contributed by atoms with E-state index in [9.17, 15) is 18.0 Å². The maximum absolute atomic E-state index is 13.0. The Bertz CT molecular complexity index is 1500. The average Bonchev–Trinajstić information content (AvgIpc) is 3.33. The van der Waals surface area contributed by atoms with Crippen LogP contribution in [0.4, 0.5) is 24.9 Å². The Morgan fingerprint density at radius 2 is 1.71 bits per heavy atom. The fourth-order valence-electron chi connectivity index (χ4n) is 4.39. The molecule has 1 aliphatic heterocycles. The monoisotopic (exact) mass is 546 g/mol. The molecule has 0 atom stereocenters. The van der Waals surface area contributed by atoms with Crippen LogP contribution in [0.3, 0.4) is 0 Å². The highest BCUT2D eigenvalue weighted by Crippen LogP contribution is 2.35. The highest BCUT2D eigenvalue weighted by molar-refractivity contribution is 7.18. The van der Waals surface area contributed by atoms with E-state index in [1.165, 1.54) is 17.4 Å². The molecule has 200 valence electrons. The second kappa shape index (κ2) is 10.1. The number of nitrogens with two attached hydrogens (primary N) is 1. The number of ether oxygens (including phenoxy) is 2. The van der Waals surface area contributed by atoms with Crippen molar-refractivity contribution in [2.24, 2.45) is 0 Å². The number of thiazole rings is 1. The molecule has 0 saturated carbocycles. The molecule has 13 heteroatoms. The molecule has 2 aromatic heterocycles. The smallest absolute Gasteiger partial charge is 0.416 e. The van der Waals surface area contributed by atoms with Crippen LogP contribution in [0, 0.1) is 0 Å². The summed E-state index contributed by atoms with van der Waals surface area (Å²) in [6, 6.07) is 7.01. The van der Waals surface area contributed by atoms with Gasteiger partial charge in [0, 0.05) is 50.5 Å². The molecule has 38 heavy (non-hydrogen) atoms. The van der Waals surface area contributed by atoms with Crippen molar-refractivity contribution in [3.63, 3.8) is 0 Å². The molecule has 4 aromatic rings. The lowest BCUT2D eigenvalue weighted by Crippen LogP contribution is -2.49. The number of fused-ring (bicyclic) bond motifs is 2. The number of rotatable bonds is 6. The lowest BCUT2D eigenvalue weighted by molar-refractivity contribution is -0.137. The van der Waals surface area contributed by atoms with Crippen LogP contribution < -0.4 is 20.1 Å². The van der Waals surface area contributed by atoms with Crippen molar-refractivity contribution in [2.45, 2.75) is 19.0 Å². The first kappa shape index (κ1) is 25.8. The number of anilines is 2. The fourth-order valence-corrected chi connectivity index (χ4v) is 5.34. The molecule has 2 N–H and O–H groups in total. The van der Waals surface area contributed by atoms with Crippen LogP contribution in [0.15, 0.2) is 30.3 Å². The zero-order chi connectivity index (χ0) is 27.0. The Hall–Kier alpha value is -3.87. The highest BCUT2D eigenvalue weighted by Gasteiger charge is 2.31. The molecule has 0 aliphatic carbocycles. The number of benzene rings is 2. The minimum Gasteiger partial charge on any atom is -0.493 e. The van der Waals surface area contributed by atoms with Gasteiger partial charge in [-0.2, -0.15) is 18.2 Å². The number of hydrogen-bond acceptors (Lipinski definition) is 9. The van der Waals surface area contributed by atoms with Crippen LogP contribution in [-0.4, -0.2) is 66.2 Å². The fraction of sp³-hybridized carbons (Fsp3) is 0.360. The van der Waals surface area contributed by atoms with Crippen molar-refractivity contribution in [3.05, 3.63) is 40.9 Å². The van der Waals surface area contributed by atoms with E-state index in [2.05, 4.69) is 15.0 Å². The normalized spacial score (nSPS) is 14.3. The summed E-state index contributed by atoms with van der Waals surface area (Å²) in [5.41, 5.74) is 6.40. The molecular formula is C25H25F3N6O3S. The number of piperazine rings is 1. The van der Waals surface area contributed by atoms with Gasteiger partial charge in [-0.15, -0.1) is 11.3 Å². The molecule has 0 spiro atoms. The third kappa shape index (κ3) is 5.10. The van der Waals surface area contributed by atoms with Gasteiger partial charge in [-0.05, 0) is 24.3 Å². The van der Waals surface area contributed by atoms with Gasteiger partial charge < -0.3 is 25.0 Å². The predicted octanol–water partition coefficient (Wildman–Crippen LogP) is 4.14. The van der Waals surface area contributed by atoms with Gasteiger partial charge in [0.05, 0.1) is 40.5 Å². The highest BCUT2D eigenvalue weighted by atomic mass is 32.1. The van der Waals surface area contributed by atoms with Crippen molar-refractivity contribution in [1.82, 2.24) is 19.9 Å². The summed E-state index contributed by atoms with van der Waals surface area (Å²) >= 11 is 1.31. The second-order valence-electron chi connectivity index (χ2n) is 8.79. The number of amides is 1. The lowest BCUT2D eigenvalue weighted by atomic mass is 10.2. The number of nitrogens with zero attached hydrogens (tertiary/aromatic N) is 5. The molecule has 0 bridgehead atoms. The van der Waals surface area contributed by atoms with E-state index in [0.29, 0.717) is 82.0 Å². The van der Waals surface area contributed by atoms with Gasteiger partial charge in [-0.25, -0.2) is 9.97 Å². The zero-order valence-corrected chi connectivity index (χ0v) is 21.5. The number of nitrogen functional groups attached to an aromatic ring is 1. The molecule has 5 rings (SSSR count). The Kier molecular flexibility index (Phi) is 6.86. The minimum absolute atomic E-state index is 0.0318. The summed E-state index contributed by atoms with van der Waals surface area (Å²) < 4.78 is 50.3. The summed E-state index contributed by atoms with van der Waals surface area (Å²) in [4.78, 5) is 30.0. The third-order valence-corrected chi connectivity index (χ3v) is 7.54. The SMILES string of the molecule is COc1cc2nc(N3CCN(C(=O)CCc4nc5cc(C(F)(F)F)ccc5s4)CC3)nc(N)c2cc1OC. The number of methoxy groups -OCH3 is 2. The first-order valence-corrected chi connectivity index (χ1v) is 12.7. The first-order chi connectivity index (χ1) is 18.2. The maximum Gasteiger partial charge on any atom is 0.416 e. The summed E-state index contributed by atoms with van der Waals surface area (Å²) in [5, 5.41) is 1.29. The number of aromatic nitrogens is 3. The van der Waals surface area contributed by atoms with Crippen LogP contribution in [0.25, 0.3) is 21.1 Å². The number of carbonyl (C=O) groups excluding carboxylic acids is 1. The maximum atomic E-state index is 13.0. The van der Waals surface area contributed by atoms with Crippen molar-refractivity contribution in [3.8, 4) is 11.5 Å². The molecule has 1 amide bonds. The van der Waals surface area contributed by atoms with E-state index in [1.807, 2.05) is 4.90 Å². The molecular weight excluding hydrogens is 521 g/mol. The van der Waals surface area contributed by atoms with Crippen LogP contribution in [-0.2, 0) is 17.4 Å². The predicted molar refractivity (Wildman–Crippen MR) is 139 cm³/mol. The van der Waals surface area contributed by atoms with Gasteiger partial charge >= 0.3 is 6.18 Å². The first-order valence-electron chi connectivity index (χ1n) is 11.8. The molecule has 1 aliphatic rings. The van der Waals surface area contributed by atoms with Gasteiger partial charge in [0.15, 0.2) is 11.5 Å². The number of halogens is 3. The average molecular weight is 547 g/mol. The van der Waals surface area contributed by atoms with Gasteiger partial charge in [0.1, 0.15) is 5.82 Å². The molecule has 0 unspecified atom stereocenters. The number of alkyl halides is 3. The number of aryl methyl sites for hydroxylation is 1. The summed E-state index contributed by atoms with van der Waals surface area (Å²) in [7, 11) is 3.09. The largest absolute Gasteiger partial charge is 0.493 e. The van der Waals surface area contributed by atoms with E-state index in [4.69, 9.17) is 15.2 Å².